The molecular weight excluding hydrogens is 338 g/mol. The summed E-state index contributed by atoms with van der Waals surface area (Å²) in [6.45, 7) is 1.11. The van der Waals surface area contributed by atoms with Crippen LogP contribution in [0, 0.1) is 28.9 Å². The fourth-order valence-corrected chi connectivity index (χ4v) is 2.88. The van der Waals surface area contributed by atoms with Crippen molar-refractivity contribution in [3.63, 3.8) is 0 Å². The molecule has 0 spiro atoms. The monoisotopic (exact) mass is 354 g/mol. The molecule has 1 aliphatic carbocycles. The SMILES string of the molecule is C[C@@](C#N)(NC(=O)COC(=O)CSc1cc(F)ccc1F)C1CC1. The third-order valence-electron chi connectivity index (χ3n) is 3.63. The van der Waals surface area contributed by atoms with Gasteiger partial charge in [0.1, 0.15) is 17.2 Å². The summed E-state index contributed by atoms with van der Waals surface area (Å²) in [5, 5.41) is 11.7. The lowest BCUT2D eigenvalue weighted by Gasteiger charge is -2.22. The number of rotatable bonds is 7. The summed E-state index contributed by atoms with van der Waals surface area (Å²) >= 11 is 0.780. The predicted octanol–water partition coefficient (Wildman–Crippen LogP) is 2.41. The second kappa shape index (κ2) is 7.62. The summed E-state index contributed by atoms with van der Waals surface area (Å²) in [7, 11) is 0. The predicted molar refractivity (Wildman–Crippen MR) is 82.9 cm³/mol. The number of benzene rings is 1. The van der Waals surface area contributed by atoms with E-state index < -0.39 is 35.7 Å². The third-order valence-corrected chi connectivity index (χ3v) is 4.63. The van der Waals surface area contributed by atoms with E-state index in [2.05, 4.69) is 11.4 Å². The number of amides is 1. The van der Waals surface area contributed by atoms with Crippen molar-refractivity contribution in [2.24, 2.45) is 5.92 Å². The summed E-state index contributed by atoms with van der Waals surface area (Å²) in [5.41, 5.74) is -0.955. The standard InChI is InChI=1S/C16H16F2N2O3S/c1-16(9-19,10-2-3-10)20-14(21)7-23-15(22)8-24-13-6-11(17)4-5-12(13)18/h4-6,10H,2-3,7-8H2,1H3,(H,20,21)/t16-/m0/s1. The molecule has 0 heterocycles. The number of nitrogens with one attached hydrogen (secondary N) is 1. The fraction of sp³-hybridized carbons (Fsp3) is 0.438. The molecule has 1 aliphatic rings. The van der Waals surface area contributed by atoms with Crippen molar-refractivity contribution in [2.75, 3.05) is 12.4 Å². The molecule has 0 aromatic heterocycles. The largest absolute Gasteiger partial charge is 0.455 e. The van der Waals surface area contributed by atoms with Gasteiger partial charge in [-0.25, -0.2) is 8.78 Å². The van der Waals surface area contributed by atoms with Gasteiger partial charge in [-0.05, 0) is 43.9 Å². The highest BCUT2D eigenvalue weighted by Gasteiger charge is 2.43. The van der Waals surface area contributed by atoms with E-state index in [1.54, 1.807) is 6.92 Å². The zero-order chi connectivity index (χ0) is 17.7. The second-order valence-corrected chi connectivity index (χ2v) is 6.68. The van der Waals surface area contributed by atoms with Crippen LogP contribution in [0.3, 0.4) is 0 Å². The number of carbonyl (C=O) groups is 2. The first kappa shape index (κ1) is 18.2. The zero-order valence-corrected chi connectivity index (χ0v) is 13.8. The topological polar surface area (TPSA) is 79.2 Å². The Kier molecular flexibility index (Phi) is 5.78. The molecule has 128 valence electrons. The quantitative estimate of drug-likeness (QED) is 0.601. The lowest BCUT2D eigenvalue weighted by molar-refractivity contribution is -0.146. The molecule has 8 heteroatoms. The van der Waals surface area contributed by atoms with Crippen molar-refractivity contribution in [3.05, 3.63) is 29.8 Å². The highest BCUT2D eigenvalue weighted by atomic mass is 32.2. The molecule has 0 aliphatic heterocycles. The van der Waals surface area contributed by atoms with Crippen molar-refractivity contribution < 1.29 is 23.1 Å². The molecule has 2 rings (SSSR count). The molecule has 1 saturated carbocycles. The summed E-state index contributed by atoms with van der Waals surface area (Å²) in [4.78, 5) is 23.4. The van der Waals surface area contributed by atoms with E-state index in [9.17, 15) is 18.4 Å². The van der Waals surface area contributed by atoms with Crippen molar-refractivity contribution >= 4 is 23.6 Å². The highest BCUT2D eigenvalue weighted by molar-refractivity contribution is 8.00. The Labute approximate surface area is 142 Å². The first-order valence-corrected chi connectivity index (χ1v) is 8.28. The lowest BCUT2D eigenvalue weighted by atomic mass is 9.98. The van der Waals surface area contributed by atoms with Crippen LogP contribution in [0.1, 0.15) is 19.8 Å². The molecule has 0 bridgehead atoms. The minimum Gasteiger partial charge on any atom is -0.455 e. The Morgan fingerprint density at radius 3 is 2.79 bits per heavy atom. The van der Waals surface area contributed by atoms with Gasteiger partial charge < -0.3 is 10.1 Å². The maximum Gasteiger partial charge on any atom is 0.316 e. The molecule has 1 N–H and O–H groups in total. The van der Waals surface area contributed by atoms with Gasteiger partial charge in [0.05, 0.1) is 11.8 Å². The Hall–Kier alpha value is -2.14. The normalized spacial score (nSPS) is 15.9. The van der Waals surface area contributed by atoms with E-state index in [1.807, 2.05) is 0 Å². The van der Waals surface area contributed by atoms with E-state index in [-0.39, 0.29) is 16.6 Å². The number of halogens is 2. The summed E-state index contributed by atoms with van der Waals surface area (Å²) in [6.07, 6.45) is 1.75. The Balaban J connectivity index is 1.76. The maximum atomic E-state index is 13.4. The molecule has 1 fully saturated rings. The van der Waals surface area contributed by atoms with Gasteiger partial charge in [0.2, 0.25) is 0 Å². The van der Waals surface area contributed by atoms with Gasteiger partial charge in [0.15, 0.2) is 6.61 Å². The van der Waals surface area contributed by atoms with Crippen LogP contribution in [-0.2, 0) is 14.3 Å². The van der Waals surface area contributed by atoms with Crippen molar-refractivity contribution in [3.8, 4) is 6.07 Å². The van der Waals surface area contributed by atoms with Gasteiger partial charge in [-0.1, -0.05) is 0 Å². The van der Waals surface area contributed by atoms with Crippen LogP contribution in [-0.4, -0.2) is 29.8 Å². The minimum atomic E-state index is -0.955. The van der Waals surface area contributed by atoms with Crippen LogP contribution in [0.4, 0.5) is 8.78 Å². The van der Waals surface area contributed by atoms with Gasteiger partial charge in [-0.3, -0.25) is 9.59 Å². The number of carbonyl (C=O) groups excluding carboxylic acids is 2. The van der Waals surface area contributed by atoms with Gasteiger partial charge in [-0.15, -0.1) is 11.8 Å². The first-order chi connectivity index (χ1) is 11.3. The number of ether oxygens (including phenoxy) is 1. The van der Waals surface area contributed by atoms with Gasteiger partial charge >= 0.3 is 5.97 Å². The van der Waals surface area contributed by atoms with Crippen LogP contribution >= 0.6 is 11.8 Å². The van der Waals surface area contributed by atoms with E-state index in [1.165, 1.54) is 0 Å². The van der Waals surface area contributed by atoms with E-state index in [4.69, 9.17) is 10.00 Å². The number of esters is 1. The number of hydrogen-bond donors (Lipinski definition) is 1. The zero-order valence-electron chi connectivity index (χ0n) is 13.0. The average molecular weight is 354 g/mol. The third kappa shape index (κ3) is 4.93. The summed E-state index contributed by atoms with van der Waals surface area (Å²) in [6, 6.07) is 4.99. The van der Waals surface area contributed by atoms with Crippen LogP contribution in [0.5, 0.6) is 0 Å². The second-order valence-electron chi connectivity index (χ2n) is 5.66. The first-order valence-electron chi connectivity index (χ1n) is 7.30. The Morgan fingerprint density at radius 2 is 2.17 bits per heavy atom. The molecule has 0 saturated heterocycles. The molecule has 1 aromatic carbocycles. The number of hydrogen-bond acceptors (Lipinski definition) is 5. The maximum absolute atomic E-state index is 13.4. The molecule has 1 aromatic rings. The number of nitrogens with zero attached hydrogens (tertiary/aromatic N) is 1. The van der Waals surface area contributed by atoms with Crippen LogP contribution < -0.4 is 5.32 Å². The fourth-order valence-electron chi connectivity index (χ4n) is 2.12. The smallest absolute Gasteiger partial charge is 0.316 e. The van der Waals surface area contributed by atoms with E-state index >= 15 is 0 Å². The van der Waals surface area contributed by atoms with E-state index in [0.29, 0.717) is 0 Å². The molecule has 1 amide bonds. The van der Waals surface area contributed by atoms with Crippen LogP contribution in [0.25, 0.3) is 0 Å². The molecule has 24 heavy (non-hydrogen) atoms. The molecular formula is C16H16F2N2O3S. The summed E-state index contributed by atoms with van der Waals surface area (Å²) < 4.78 is 31.2. The molecule has 0 radical (unpaired) electrons. The van der Waals surface area contributed by atoms with E-state index in [0.717, 1.165) is 42.8 Å². The van der Waals surface area contributed by atoms with Gasteiger partial charge in [0.25, 0.3) is 5.91 Å². The van der Waals surface area contributed by atoms with Crippen molar-refractivity contribution in [1.82, 2.24) is 5.32 Å². The highest BCUT2D eigenvalue weighted by Crippen LogP contribution is 2.39. The lowest BCUT2D eigenvalue weighted by Crippen LogP contribution is -2.48. The minimum absolute atomic E-state index is 0.0119. The van der Waals surface area contributed by atoms with Crippen LogP contribution in [0.2, 0.25) is 0 Å². The van der Waals surface area contributed by atoms with Gasteiger partial charge in [0, 0.05) is 4.90 Å². The van der Waals surface area contributed by atoms with Crippen molar-refractivity contribution in [2.45, 2.75) is 30.2 Å². The summed E-state index contributed by atoms with van der Waals surface area (Å²) in [5.74, 6) is -2.69. The molecule has 0 unspecified atom stereocenters. The number of thioether (sulfide) groups is 1. The number of nitriles is 1. The average Bonchev–Trinajstić information content (AvgIpc) is 3.39. The Bertz CT molecular complexity index is 688. The Morgan fingerprint density at radius 1 is 1.46 bits per heavy atom. The molecule has 1 atom stereocenters. The van der Waals surface area contributed by atoms with Crippen molar-refractivity contribution in [1.29, 1.82) is 5.26 Å². The van der Waals surface area contributed by atoms with Gasteiger partial charge in [-0.2, -0.15) is 5.26 Å². The van der Waals surface area contributed by atoms with Crippen LogP contribution in [0.15, 0.2) is 23.1 Å². The molecule has 5 nitrogen and oxygen atoms in total.